The molecule has 1 N–H and O–H groups in total. The second-order valence-electron chi connectivity index (χ2n) is 3.56. The lowest BCUT2D eigenvalue weighted by Crippen LogP contribution is -2.32. The monoisotopic (exact) mass is 138 g/mol. The van der Waals surface area contributed by atoms with E-state index < -0.39 is 5.60 Å². The minimum atomic E-state index is -0.391. The van der Waals surface area contributed by atoms with Crippen LogP contribution in [-0.2, 0) is 0 Å². The molecule has 2 rings (SSSR count). The fraction of sp³-hybridized carbons (Fsp3) is 0.778. The van der Waals surface area contributed by atoms with Crippen molar-refractivity contribution in [2.24, 2.45) is 5.92 Å². The van der Waals surface area contributed by atoms with Crippen LogP contribution in [0, 0.1) is 5.92 Å². The van der Waals surface area contributed by atoms with Crippen molar-refractivity contribution in [1.82, 2.24) is 0 Å². The van der Waals surface area contributed by atoms with Gasteiger partial charge in [-0.25, -0.2) is 0 Å². The zero-order valence-electron chi connectivity index (χ0n) is 6.21. The summed E-state index contributed by atoms with van der Waals surface area (Å²) in [6, 6.07) is 0. The first-order valence-electron chi connectivity index (χ1n) is 4.21. The van der Waals surface area contributed by atoms with E-state index in [-0.39, 0.29) is 0 Å². The van der Waals surface area contributed by atoms with E-state index in [9.17, 15) is 5.11 Å². The van der Waals surface area contributed by atoms with Gasteiger partial charge in [-0.15, -0.1) is 0 Å². The van der Waals surface area contributed by atoms with Crippen LogP contribution >= 0.6 is 0 Å². The molecular formula is C9H14O. The summed E-state index contributed by atoms with van der Waals surface area (Å²) in [6.07, 6.45) is 9.97. The summed E-state index contributed by atoms with van der Waals surface area (Å²) in [5.74, 6) is 0.581. The number of fused-ring (bicyclic) bond motifs is 1. The van der Waals surface area contributed by atoms with Crippen LogP contribution in [-0.4, -0.2) is 10.7 Å². The second kappa shape index (κ2) is 2.09. The predicted molar refractivity (Wildman–Crippen MR) is 40.7 cm³/mol. The summed E-state index contributed by atoms with van der Waals surface area (Å²) in [4.78, 5) is 0. The highest BCUT2D eigenvalue weighted by molar-refractivity contribution is 5.11. The number of aliphatic hydroxyl groups is 1. The van der Waals surface area contributed by atoms with Gasteiger partial charge in [0.1, 0.15) is 0 Å². The summed E-state index contributed by atoms with van der Waals surface area (Å²) in [6.45, 7) is 0. The highest BCUT2D eigenvalue weighted by atomic mass is 16.3. The Morgan fingerprint density at radius 1 is 1.40 bits per heavy atom. The van der Waals surface area contributed by atoms with E-state index in [1.165, 1.54) is 25.7 Å². The lowest BCUT2D eigenvalue weighted by atomic mass is 9.83. The van der Waals surface area contributed by atoms with E-state index >= 15 is 0 Å². The van der Waals surface area contributed by atoms with Gasteiger partial charge in [0.25, 0.3) is 0 Å². The Bertz CT molecular complexity index is 162. The van der Waals surface area contributed by atoms with Crippen LogP contribution in [0.4, 0.5) is 0 Å². The summed E-state index contributed by atoms with van der Waals surface area (Å²) >= 11 is 0. The zero-order chi connectivity index (χ0) is 7.03. The van der Waals surface area contributed by atoms with Gasteiger partial charge in [-0.2, -0.15) is 0 Å². The molecular weight excluding hydrogens is 124 g/mol. The van der Waals surface area contributed by atoms with Crippen molar-refractivity contribution in [2.45, 2.75) is 37.7 Å². The van der Waals surface area contributed by atoms with Crippen molar-refractivity contribution in [3.8, 4) is 0 Å². The van der Waals surface area contributed by atoms with Gasteiger partial charge in [-0.3, -0.25) is 0 Å². The lowest BCUT2D eigenvalue weighted by Gasteiger charge is -2.29. The van der Waals surface area contributed by atoms with Crippen LogP contribution in [0.5, 0.6) is 0 Å². The van der Waals surface area contributed by atoms with Gasteiger partial charge in [0.2, 0.25) is 0 Å². The smallest absolute Gasteiger partial charge is 0.0855 e. The molecule has 0 aromatic rings. The number of allylic oxidation sites excluding steroid dienone is 1. The molecule has 2 atom stereocenters. The molecule has 2 aliphatic carbocycles. The molecule has 1 nitrogen and oxygen atoms in total. The van der Waals surface area contributed by atoms with Crippen LogP contribution in [0.25, 0.3) is 0 Å². The average Bonchev–Trinajstić information content (AvgIpc) is 2.29. The summed E-state index contributed by atoms with van der Waals surface area (Å²) in [7, 11) is 0. The molecule has 0 aromatic heterocycles. The molecule has 1 saturated carbocycles. The quantitative estimate of drug-likeness (QED) is 0.507. The highest BCUT2D eigenvalue weighted by Gasteiger charge is 2.39. The molecule has 0 unspecified atom stereocenters. The molecule has 0 aromatic carbocycles. The van der Waals surface area contributed by atoms with Crippen molar-refractivity contribution in [2.75, 3.05) is 0 Å². The maximum Gasteiger partial charge on any atom is 0.0855 e. The summed E-state index contributed by atoms with van der Waals surface area (Å²) in [5.41, 5.74) is -0.391. The topological polar surface area (TPSA) is 20.2 Å². The third kappa shape index (κ3) is 0.807. The normalized spacial score (nSPS) is 45.5. The average molecular weight is 138 g/mol. The van der Waals surface area contributed by atoms with Crippen molar-refractivity contribution < 1.29 is 5.11 Å². The van der Waals surface area contributed by atoms with Crippen molar-refractivity contribution in [1.29, 1.82) is 0 Å². The third-order valence-corrected chi connectivity index (χ3v) is 2.93. The van der Waals surface area contributed by atoms with Crippen LogP contribution in [0.3, 0.4) is 0 Å². The van der Waals surface area contributed by atoms with Crippen LogP contribution < -0.4 is 0 Å². The maximum absolute atomic E-state index is 9.92. The fourth-order valence-electron chi connectivity index (χ4n) is 2.28. The van der Waals surface area contributed by atoms with Crippen LogP contribution in [0.1, 0.15) is 32.1 Å². The summed E-state index contributed by atoms with van der Waals surface area (Å²) < 4.78 is 0. The molecule has 0 spiro atoms. The highest BCUT2D eigenvalue weighted by Crippen LogP contribution is 2.41. The number of hydrogen-bond acceptors (Lipinski definition) is 1. The maximum atomic E-state index is 9.92. The van der Waals surface area contributed by atoms with Gasteiger partial charge in [0.15, 0.2) is 0 Å². The van der Waals surface area contributed by atoms with Crippen LogP contribution in [0.2, 0.25) is 0 Å². The Labute approximate surface area is 61.8 Å². The van der Waals surface area contributed by atoms with E-state index in [0.717, 1.165) is 6.42 Å². The largest absolute Gasteiger partial charge is 0.386 e. The molecule has 56 valence electrons. The molecule has 0 radical (unpaired) electrons. The van der Waals surface area contributed by atoms with E-state index in [1.54, 1.807) is 0 Å². The Hall–Kier alpha value is -0.300. The number of rotatable bonds is 0. The Morgan fingerprint density at radius 2 is 2.30 bits per heavy atom. The van der Waals surface area contributed by atoms with Gasteiger partial charge in [0, 0.05) is 0 Å². The van der Waals surface area contributed by atoms with Crippen molar-refractivity contribution in [3.63, 3.8) is 0 Å². The number of hydrogen-bond donors (Lipinski definition) is 1. The minimum absolute atomic E-state index is 0.391. The van der Waals surface area contributed by atoms with E-state index in [1.807, 2.05) is 6.08 Å². The Balaban J connectivity index is 2.23. The Morgan fingerprint density at radius 3 is 3.10 bits per heavy atom. The van der Waals surface area contributed by atoms with Gasteiger partial charge in [-0.05, 0) is 38.0 Å². The summed E-state index contributed by atoms with van der Waals surface area (Å²) in [5, 5.41) is 9.92. The van der Waals surface area contributed by atoms with E-state index in [4.69, 9.17) is 0 Å². The lowest BCUT2D eigenvalue weighted by molar-refractivity contribution is 0.0423. The third-order valence-electron chi connectivity index (χ3n) is 2.93. The molecule has 0 bridgehead atoms. The first-order chi connectivity index (χ1) is 4.81. The molecule has 0 heterocycles. The fourth-order valence-corrected chi connectivity index (χ4v) is 2.28. The van der Waals surface area contributed by atoms with Crippen LogP contribution in [0.15, 0.2) is 12.2 Å². The Kier molecular flexibility index (Phi) is 1.34. The van der Waals surface area contributed by atoms with E-state index in [2.05, 4.69) is 6.08 Å². The van der Waals surface area contributed by atoms with Crippen molar-refractivity contribution >= 4 is 0 Å². The first-order valence-corrected chi connectivity index (χ1v) is 4.21. The SMILES string of the molecule is O[C@]12C=CCC[C@H]1CCC2. The van der Waals surface area contributed by atoms with Gasteiger partial charge >= 0.3 is 0 Å². The first kappa shape index (κ1) is 6.41. The molecule has 2 aliphatic rings. The van der Waals surface area contributed by atoms with E-state index in [0.29, 0.717) is 5.92 Å². The minimum Gasteiger partial charge on any atom is -0.386 e. The molecule has 0 aliphatic heterocycles. The molecule has 10 heavy (non-hydrogen) atoms. The zero-order valence-corrected chi connectivity index (χ0v) is 6.21. The molecule has 1 fully saturated rings. The standard InChI is InChI=1S/C9H14O/c10-9-6-2-1-4-8(9)5-3-7-9/h2,6,8,10H,1,3-5,7H2/t8-,9-/m0/s1. The predicted octanol–water partition coefficient (Wildman–Crippen LogP) is 1.87. The molecule has 0 amide bonds. The van der Waals surface area contributed by atoms with Gasteiger partial charge in [-0.1, -0.05) is 12.2 Å². The van der Waals surface area contributed by atoms with Gasteiger partial charge in [0.05, 0.1) is 5.60 Å². The van der Waals surface area contributed by atoms with Gasteiger partial charge < -0.3 is 5.11 Å². The molecule has 1 heteroatoms. The van der Waals surface area contributed by atoms with Crippen molar-refractivity contribution in [3.05, 3.63) is 12.2 Å². The second-order valence-corrected chi connectivity index (χ2v) is 3.56. The molecule has 0 saturated heterocycles.